The van der Waals surface area contributed by atoms with E-state index >= 15 is 0 Å². The average Bonchev–Trinajstić information content (AvgIpc) is 3.17. The molecule has 172 valence electrons. The van der Waals surface area contributed by atoms with E-state index in [2.05, 4.69) is 16.5 Å². The lowest BCUT2D eigenvalue weighted by molar-refractivity contribution is -0.127. The van der Waals surface area contributed by atoms with Crippen LogP contribution in [0.2, 0.25) is 0 Å². The molecule has 1 aliphatic rings. The van der Waals surface area contributed by atoms with Gasteiger partial charge in [-0.05, 0) is 43.2 Å². The lowest BCUT2D eigenvalue weighted by Crippen LogP contribution is -2.42. The van der Waals surface area contributed by atoms with Crippen molar-refractivity contribution in [3.8, 4) is 17.3 Å². The predicted octanol–water partition coefficient (Wildman–Crippen LogP) is 3.31. The Balaban J connectivity index is 1.56. The number of hydrogen-bond donors (Lipinski definition) is 1. The van der Waals surface area contributed by atoms with Crippen LogP contribution in [0.4, 0.5) is 5.82 Å². The molecule has 4 heterocycles. The number of carbonyl (C=O) groups is 1. The van der Waals surface area contributed by atoms with Crippen LogP contribution in [0.25, 0.3) is 16.7 Å². The van der Waals surface area contributed by atoms with Crippen molar-refractivity contribution in [1.82, 2.24) is 24.0 Å². The summed E-state index contributed by atoms with van der Waals surface area (Å²) in [6, 6.07) is 14.4. The van der Waals surface area contributed by atoms with Crippen LogP contribution in [-0.4, -0.2) is 43.0 Å². The van der Waals surface area contributed by atoms with Gasteiger partial charge < -0.3 is 15.4 Å². The van der Waals surface area contributed by atoms with E-state index in [1.54, 1.807) is 40.1 Å². The number of fused-ring (bicyclic) bond motifs is 1. The molecule has 34 heavy (non-hydrogen) atoms. The van der Waals surface area contributed by atoms with Gasteiger partial charge >= 0.3 is 5.69 Å². The smallest absolute Gasteiger partial charge is 0.334 e. The summed E-state index contributed by atoms with van der Waals surface area (Å²) < 4.78 is 9.00. The van der Waals surface area contributed by atoms with E-state index in [0.29, 0.717) is 41.4 Å². The van der Waals surface area contributed by atoms with Gasteiger partial charge in [-0.15, -0.1) is 0 Å². The second kappa shape index (κ2) is 8.86. The summed E-state index contributed by atoms with van der Waals surface area (Å²) in [5.41, 5.74) is 7.69. The van der Waals surface area contributed by atoms with Crippen LogP contribution in [0.5, 0.6) is 11.6 Å². The first-order chi connectivity index (χ1) is 16.6. The van der Waals surface area contributed by atoms with Gasteiger partial charge in [0.05, 0.1) is 23.4 Å². The minimum atomic E-state index is -0.258. The monoisotopic (exact) mass is 456 g/mol. The molecule has 1 aromatic carbocycles. The topological polar surface area (TPSA) is 108 Å². The van der Waals surface area contributed by atoms with Crippen LogP contribution in [-0.2, 0) is 4.79 Å². The number of carbonyl (C=O) groups excluding carboxylic acids is 1. The van der Waals surface area contributed by atoms with Crippen molar-refractivity contribution >= 4 is 22.8 Å². The van der Waals surface area contributed by atoms with Gasteiger partial charge in [0, 0.05) is 25.4 Å². The molecular formula is C25H24N6O3. The average molecular weight is 457 g/mol. The highest BCUT2D eigenvalue weighted by molar-refractivity contribution is 5.88. The standard InChI is InChI=1S/C25H24N6O3/c1-2-22(32)29-14-6-7-18(16-29)30-20-12-13-27-24(26)23(20)31(25(30)33)17-10-11-21(28-15-17)34-19-8-4-3-5-9-19/h2-5,8-13,15,18H,1,6-7,14,16H2,(H2,26,27)/t18-/m1/s1. The molecule has 9 heteroatoms. The highest BCUT2D eigenvalue weighted by Crippen LogP contribution is 2.29. The van der Waals surface area contributed by atoms with Crippen molar-refractivity contribution in [2.45, 2.75) is 18.9 Å². The van der Waals surface area contributed by atoms with Gasteiger partial charge in [-0.25, -0.2) is 14.8 Å². The molecule has 1 atom stereocenters. The number of imidazole rings is 1. The fourth-order valence-electron chi connectivity index (χ4n) is 4.45. The maximum Gasteiger partial charge on any atom is 0.334 e. The second-order valence-electron chi connectivity index (χ2n) is 8.11. The number of pyridine rings is 2. The van der Waals surface area contributed by atoms with E-state index in [4.69, 9.17) is 10.5 Å². The van der Waals surface area contributed by atoms with Crippen molar-refractivity contribution in [1.29, 1.82) is 0 Å². The third kappa shape index (κ3) is 3.81. The highest BCUT2D eigenvalue weighted by Gasteiger charge is 2.28. The summed E-state index contributed by atoms with van der Waals surface area (Å²) in [6.07, 6.45) is 6.02. The lowest BCUT2D eigenvalue weighted by Gasteiger charge is -2.32. The molecule has 1 aliphatic heterocycles. The molecule has 4 aromatic rings. The molecule has 5 rings (SSSR count). The summed E-state index contributed by atoms with van der Waals surface area (Å²) in [5, 5.41) is 0. The van der Waals surface area contributed by atoms with Gasteiger partial charge in [-0.3, -0.25) is 13.9 Å². The number of nitrogens with two attached hydrogens (primary N) is 1. The van der Waals surface area contributed by atoms with Gasteiger partial charge in [0.1, 0.15) is 17.1 Å². The first-order valence-corrected chi connectivity index (χ1v) is 11.0. The van der Waals surface area contributed by atoms with Crippen LogP contribution in [0.3, 0.4) is 0 Å². The molecule has 9 nitrogen and oxygen atoms in total. The SMILES string of the molecule is C=CC(=O)N1CCC[C@@H](n2c(=O)n(-c3ccc(Oc4ccccc4)nc3)c3c(N)nccc32)C1. The zero-order valence-corrected chi connectivity index (χ0v) is 18.5. The molecule has 2 N–H and O–H groups in total. The van der Waals surface area contributed by atoms with Crippen LogP contribution >= 0.6 is 0 Å². The number of likely N-dealkylation sites (tertiary alicyclic amines) is 1. The maximum absolute atomic E-state index is 13.7. The van der Waals surface area contributed by atoms with Gasteiger partial charge in [-0.2, -0.15) is 0 Å². The van der Waals surface area contributed by atoms with E-state index < -0.39 is 0 Å². The minimum Gasteiger partial charge on any atom is -0.439 e. The number of rotatable bonds is 5. The van der Waals surface area contributed by atoms with E-state index in [1.165, 1.54) is 10.6 Å². The third-order valence-electron chi connectivity index (χ3n) is 6.00. The maximum atomic E-state index is 13.7. The Morgan fingerprint density at radius 2 is 1.97 bits per heavy atom. The fraction of sp³-hybridized carbons (Fsp3) is 0.200. The molecule has 0 bridgehead atoms. The number of para-hydroxylation sites is 1. The number of nitrogen functional groups attached to an aromatic ring is 1. The Morgan fingerprint density at radius 1 is 1.15 bits per heavy atom. The normalized spacial score (nSPS) is 15.9. The molecule has 1 amide bonds. The van der Waals surface area contributed by atoms with Crippen molar-refractivity contribution in [3.05, 3.63) is 84.1 Å². The molecule has 0 aliphatic carbocycles. The highest BCUT2D eigenvalue weighted by atomic mass is 16.5. The quantitative estimate of drug-likeness (QED) is 0.462. The third-order valence-corrected chi connectivity index (χ3v) is 6.00. The predicted molar refractivity (Wildman–Crippen MR) is 129 cm³/mol. The molecule has 0 spiro atoms. The number of hydrogen-bond acceptors (Lipinski definition) is 6. The largest absolute Gasteiger partial charge is 0.439 e. The van der Waals surface area contributed by atoms with Crippen molar-refractivity contribution in [3.63, 3.8) is 0 Å². The summed E-state index contributed by atoms with van der Waals surface area (Å²) in [6.45, 7) is 4.65. The summed E-state index contributed by atoms with van der Waals surface area (Å²) in [7, 11) is 0. The number of amides is 1. The summed E-state index contributed by atoms with van der Waals surface area (Å²) >= 11 is 0. The molecule has 0 radical (unpaired) electrons. The zero-order valence-electron chi connectivity index (χ0n) is 18.5. The first kappa shape index (κ1) is 21.4. The molecule has 1 fully saturated rings. The molecule has 0 saturated carbocycles. The van der Waals surface area contributed by atoms with E-state index in [-0.39, 0.29) is 23.5 Å². The number of aromatic nitrogens is 4. The van der Waals surface area contributed by atoms with Crippen molar-refractivity contribution < 1.29 is 9.53 Å². The summed E-state index contributed by atoms with van der Waals surface area (Å²) in [4.78, 5) is 36.2. The van der Waals surface area contributed by atoms with Gasteiger partial charge in [0.25, 0.3) is 0 Å². The number of benzene rings is 1. The second-order valence-corrected chi connectivity index (χ2v) is 8.11. The van der Waals surface area contributed by atoms with Crippen molar-refractivity contribution in [2.24, 2.45) is 0 Å². The van der Waals surface area contributed by atoms with E-state index in [0.717, 1.165) is 12.8 Å². The number of ether oxygens (including phenoxy) is 1. The Morgan fingerprint density at radius 3 is 2.71 bits per heavy atom. The van der Waals surface area contributed by atoms with Gasteiger partial charge in [0.2, 0.25) is 11.8 Å². The molecule has 0 unspecified atom stereocenters. The van der Waals surface area contributed by atoms with Crippen LogP contribution in [0.1, 0.15) is 18.9 Å². The number of piperidine rings is 1. The molecular weight excluding hydrogens is 432 g/mol. The summed E-state index contributed by atoms with van der Waals surface area (Å²) in [5.74, 6) is 1.18. The Hall–Kier alpha value is -4.40. The van der Waals surface area contributed by atoms with Crippen LogP contribution < -0.4 is 16.2 Å². The number of anilines is 1. The molecule has 1 saturated heterocycles. The lowest BCUT2D eigenvalue weighted by atomic mass is 10.1. The van der Waals surface area contributed by atoms with Crippen molar-refractivity contribution in [2.75, 3.05) is 18.8 Å². The first-order valence-electron chi connectivity index (χ1n) is 11.0. The Bertz CT molecular complexity index is 1410. The minimum absolute atomic E-state index is 0.138. The van der Waals surface area contributed by atoms with Crippen LogP contribution in [0.15, 0.2) is 78.4 Å². The Labute approximate surface area is 195 Å². The van der Waals surface area contributed by atoms with E-state index in [1.807, 2.05) is 30.3 Å². The van der Waals surface area contributed by atoms with Gasteiger partial charge in [-0.1, -0.05) is 24.8 Å². The van der Waals surface area contributed by atoms with Gasteiger partial charge in [0.15, 0.2) is 0 Å². The number of nitrogens with zero attached hydrogens (tertiary/aromatic N) is 5. The molecule has 3 aromatic heterocycles. The van der Waals surface area contributed by atoms with E-state index in [9.17, 15) is 9.59 Å². The fourth-order valence-corrected chi connectivity index (χ4v) is 4.45. The zero-order chi connectivity index (χ0) is 23.7. The Kier molecular flexibility index (Phi) is 5.59. The van der Waals surface area contributed by atoms with Crippen LogP contribution in [0, 0.1) is 0 Å².